The SMILES string of the molecule is CCN(CC(C)(C)O)C(=O)c1ccc2nnc(C)n2c1. The number of hydrogen-bond donors (Lipinski definition) is 1. The normalized spacial score (nSPS) is 11.8. The summed E-state index contributed by atoms with van der Waals surface area (Å²) in [4.78, 5) is 14.1. The quantitative estimate of drug-likeness (QED) is 0.913. The molecular formula is C14H20N4O2. The van der Waals surface area contributed by atoms with Crippen molar-refractivity contribution in [2.24, 2.45) is 0 Å². The fraction of sp³-hybridized carbons (Fsp3) is 0.500. The lowest BCUT2D eigenvalue weighted by molar-refractivity contribution is 0.0314. The number of likely N-dealkylation sites (N-methyl/N-ethyl adjacent to an activating group) is 1. The molecule has 0 fully saturated rings. The molecule has 0 saturated carbocycles. The molecule has 0 aliphatic carbocycles. The molecule has 0 bridgehead atoms. The van der Waals surface area contributed by atoms with E-state index in [0.29, 0.717) is 24.3 Å². The fourth-order valence-corrected chi connectivity index (χ4v) is 2.11. The Hall–Kier alpha value is -1.95. The molecule has 0 atom stereocenters. The minimum atomic E-state index is -0.914. The van der Waals surface area contributed by atoms with Crippen molar-refractivity contribution in [3.05, 3.63) is 29.7 Å². The van der Waals surface area contributed by atoms with Gasteiger partial charge in [0.15, 0.2) is 5.65 Å². The van der Waals surface area contributed by atoms with Crippen molar-refractivity contribution in [1.82, 2.24) is 19.5 Å². The van der Waals surface area contributed by atoms with Crippen LogP contribution in [0.25, 0.3) is 5.65 Å². The average molecular weight is 276 g/mol. The number of amides is 1. The van der Waals surface area contributed by atoms with Gasteiger partial charge in [0.05, 0.1) is 11.2 Å². The molecule has 2 aromatic rings. The topological polar surface area (TPSA) is 70.7 Å². The fourth-order valence-electron chi connectivity index (χ4n) is 2.11. The van der Waals surface area contributed by atoms with Crippen molar-refractivity contribution in [3.8, 4) is 0 Å². The Morgan fingerprint density at radius 1 is 1.40 bits per heavy atom. The predicted molar refractivity (Wildman–Crippen MR) is 75.6 cm³/mol. The van der Waals surface area contributed by atoms with Crippen molar-refractivity contribution >= 4 is 11.6 Å². The molecule has 6 heteroatoms. The smallest absolute Gasteiger partial charge is 0.255 e. The van der Waals surface area contributed by atoms with Crippen LogP contribution >= 0.6 is 0 Å². The number of nitrogens with zero attached hydrogens (tertiary/aromatic N) is 4. The molecule has 0 aromatic carbocycles. The first-order valence-electron chi connectivity index (χ1n) is 6.65. The number of fused-ring (bicyclic) bond motifs is 1. The van der Waals surface area contributed by atoms with Crippen molar-refractivity contribution in [3.63, 3.8) is 0 Å². The molecule has 0 aliphatic heterocycles. The molecule has 0 radical (unpaired) electrons. The van der Waals surface area contributed by atoms with Gasteiger partial charge in [-0.3, -0.25) is 9.20 Å². The monoisotopic (exact) mass is 276 g/mol. The number of aliphatic hydroxyl groups is 1. The zero-order valence-corrected chi connectivity index (χ0v) is 12.3. The Morgan fingerprint density at radius 3 is 2.70 bits per heavy atom. The maximum absolute atomic E-state index is 12.5. The second-order valence-corrected chi connectivity index (χ2v) is 5.52. The van der Waals surface area contributed by atoms with Gasteiger partial charge in [0.1, 0.15) is 5.82 Å². The molecule has 2 aromatic heterocycles. The van der Waals surface area contributed by atoms with Crippen LogP contribution in [-0.4, -0.2) is 49.2 Å². The van der Waals surface area contributed by atoms with Gasteiger partial charge in [0, 0.05) is 19.3 Å². The largest absolute Gasteiger partial charge is 0.389 e. The zero-order valence-electron chi connectivity index (χ0n) is 12.3. The van der Waals surface area contributed by atoms with E-state index in [0.717, 1.165) is 5.82 Å². The summed E-state index contributed by atoms with van der Waals surface area (Å²) in [5, 5.41) is 17.8. The van der Waals surface area contributed by atoms with Crippen molar-refractivity contribution in [2.75, 3.05) is 13.1 Å². The summed E-state index contributed by atoms with van der Waals surface area (Å²) in [6.45, 7) is 7.95. The average Bonchev–Trinajstić information content (AvgIpc) is 2.75. The second kappa shape index (κ2) is 5.20. The zero-order chi connectivity index (χ0) is 14.9. The van der Waals surface area contributed by atoms with E-state index in [9.17, 15) is 9.90 Å². The molecule has 6 nitrogen and oxygen atoms in total. The van der Waals surface area contributed by atoms with Gasteiger partial charge in [-0.15, -0.1) is 10.2 Å². The molecule has 0 saturated heterocycles. The Balaban J connectivity index is 2.31. The summed E-state index contributed by atoms with van der Waals surface area (Å²) >= 11 is 0. The van der Waals surface area contributed by atoms with E-state index in [-0.39, 0.29) is 5.91 Å². The van der Waals surface area contributed by atoms with Crippen LogP contribution in [0.3, 0.4) is 0 Å². The molecular weight excluding hydrogens is 256 g/mol. The van der Waals surface area contributed by atoms with Gasteiger partial charge >= 0.3 is 0 Å². The van der Waals surface area contributed by atoms with Gasteiger partial charge in [0.2, 0.25) is 0 Å². The lowest BCUT2D eigenvalue weighted by Gasteiger charge is -2.28. The minimum absolute atomic E-state index is 0.107. The van der Waals surface area contributed by atoms with Gasteiger partial charge < -0.3 is 10.0 Å². The molecule has 0 spiro atoms. The maximum atomic E-state index is 12.5. The number of pyridine rings is 1. The highest BCUT2D eigenvalue weighted by Gasteiger charge is 2.22. The standard InChI is InChI=1S/C14H20N4O2/c1-5-17(9-14(3,4)20)13(19)11-6-7-12-16-15-10(2)18(12)8-11/h6-8,20H,5,9H2,1-4H3. The summed E-state index contributed by atoms with van der Waals surface area (Å²) in [6.07, 6.45) is 1.74. The number of rotatable bonds is 4. The van der Waals surface area contributed by atoms with Crippen molar-refractivity contribution in [1.29, 1.82) is 0 Å². The third-order valence-corrected chi connectivity index (χ3v) is 3.07. The van der Waals surface area contributed by atoms with Crippen LogP contribution in [0.4, 0.5) is 0 Å². The van der Waals surface area contributed by atoms with Gasteiger partial charge in [-0.25, -0.2) is 0 Å². The number of carbonyl (C=O) groups excluding carboxylic acids is 1. The molecule has 0 unspecified atom stereocenters. The Bertz CT molecular complexity index is 628. The number of hydrogen-bond acceptors (Lipinski definition) is 4. The van der Waals surface area contributed by atoms with Crippen LogP contribution in [0.2, 0.25) is 0 Å². The minimum Gasteiger partial charge on any atom is -0.389 e. The van der Waals surface area contributed by atoms with Gasteiger partial charge in [-0.2, -0.15) is 0 Å². The van der Waals surface area contributed by atoms with Crippen LogP contribution in [0.1, 0.15) is 37.0 Å². The van der Waals surface area contributed by atoms with Gasteiger partial charge in [-0.1, -0.05) is 0 Å². The number of aryl methyl sites for hydroxylation is 1. The Morgan fingerprint density at radius 2 is 2.10 bits per heavy atom. The summed E-state index contributed by atoms with van der Waals surface area (Å²) < 4.78 is 1.78. The summed E-state index contributed by atoms with van der Waals surface area (Å²) in [5.41, 5.74) is 0.360. The first-order valence-corrected chi connectivity index (χ1v) is 6.65. The number of aromatic nitrogens is 3. The summed E-state index contributed by atoms with van der Waals surface area (Å²) in [7, 11) is 0. The highest BCUT2D eigenvalue weighted by Crippen LogP contribution is 2.12. The van der Waals surface area contributed by atoms with E-state index in [2.05, 4.69) is 10.2 Å². The first kappa shape index (κ1) is 14.5. The Kier molecular flexibility index (Phi) is 3.76. The van der Waals surface area contributed by atoms with E-state index >= 15 is 0 Å². The van der Waals surface area contributed by atoms with Crippen LogP contribution < -0.4 is 0 Å². The van der Waals surface area contributed by atoms with E-state index < -0.39 is 5.60 Å². The molecule has 2 rings (SSSR count). The molecule has 2 heterocycles. The van der Waals surface area contributed by atoms with Crippen LogP contribution in [0.15, 0.2) is 18.3 Å². The van der Waals surface area contributed by atoms with E-state index in [1.54, 1.807) is 41.5 Å². The lowest BCUT2D eigenvalue weighted by atomic mass is 10.1. The second-order valence-electron chi connectivity index (χ2n) is 5.52. The highest BCUT2D eigenvalue weighted by atomic mass is 16.3. The maximum Gasteiger partial charge on any atom is 0.255 e. The van der Waals surface area contributed by atoms with Crippen LogP contribution in [0.5, 0.6) is 0 Å². The molecule has 108 valence electrons. The van der Waals surface area contributed by atoms with Gasteiger partial charge in [-0.05, 0) is 39.8 Å². The molecule has 20 heavy (non-hydrogen) atoms. The number of carbonyl (C=O) groups is 1. The molecule has 0 aliphatic rings. The van der Waals surface area contributed by atoms with Crippen molar-refractivity contribution in [2.45, 2.75) is 33.3 Å². The van der Waals surface area contributed by atoms with E-state index in [4.69, 9.17) is 0 Å². The summed E-state index contributed by atoms with van der Waals surface area (Å²) in [5.74, 6) is 0.629. The predicted octanol–water partition coefficient (Wildman–Crippen LogP) is 1.27. The van der Waals surface area contributed by atoms with E-state index in [1.807, 2.05) is 13.8 Å². The third-order valence-electron chi connectivity index (χ3n) is 3.07. The first-order chi connectivity index (χ1) is 9.31. The lowest BCUT2D eigenvalue weighted by Crippen LogP contribution is -2.42. The van der Waals surface area contributed by atoms with Crippen LogP contribution in [0, 0.1) is 6.92 Å². The highest BCUT2D eigenvalue weighted by molar-refractivity contribution is 5.94. The molecule has 1 amide bonds. The van der Waals surface area contributed by atoms with Gasteiger partial charge in [0.25, 0.3) is 5.91 Å². The third kappa shape index (κ3) is 2.96. The summed E-state index contributed by atoms with van der Waals surface area (Å²) in [6, 6.07) is 3.50. The van der Waals surface area contributed by atoms with Crippen LogP contribution in [-0.2, 0) is 0 Å². The van der Waals surface area contributed by atoms with E-state index in [1.165, 1.54) is 0 Å². The van der Waals surface area contributed by atoms with Crippen molar-refractivity contribution < 1.29 is 9.90 Å². The molecule has 1 N–H and O–H groups in total. The Labute approximate surface area is 118 Å².